The fourth-order valence-electron chi connectivity index (χ4n) is 2.08. The van der Waals surface area contributed by atoms with Crippen molar-refractivity contribution in [3.05, 3.63) is 62.6 Å². The Morgan fingerprint density at radius 1 is 1.20 bits per heavy atom. The van der Waals surface area contributed by atoms with Crippen LogP contribution in [0.3, 0.4) is 0 Å². The van der Waals surface area contributed by atoms with Crippen LogP contribution >= 0.6 is 27.5 Å². The van der Waals surface area contributed by atoms with Gasteiger partial charge in [-0.15, -0.1) is 0 Å². The van der Waals surface area contributed by atoms with Crippen LogP contribution < -0.4 is 5.32 Å². The van der Waals surface area contributed by atoms with Crippen LogP contribution in [0.5, 0.6) is 0 Å². The first-order chi connectivity index (χ1) is 9.51. The summed E-state index contributed by atoms with van der Waals surface area (Å²) in [7, 11) is 0. The SMILES string of the molecule is Cc1ccc(C(C#N)Nc2ccc(Cl)c(Br)c2)c(C)c1. The Kier molecular flexibility index (Phi) is 4.69. The second-order valence-electron chi connectivity index (χ2n) is 4.70. The van der Waals surface area contributed by atoms with E-state index in [2.05, 4.69) is 33.4 Å². The molecule has 0 fully saturated rings. The second-order valence-corrected chi connectivity index (χ2v) is 5.96. The number of nitriles is 1. The molecule has 2 aromatic rings. The predicted molar refractivity (Wildman–Crippen MR) is 87.0 cm³/mol. The minimum absolute atomic E-state index is 0.385. The maximum absolute atomic E-state index is 9.41. The van der Waals surface area contributed by atoms with Crippen LogP contribution in [0, 0.1) is 25.2 Å². The van der Waals surface area contributed by atoms with Crippen LogP contribution in [0.25, 0.3) is 0 Å². The fraction of sp³-hybridized carbons (Fsp3) is 0.188. The molecule has 0 radical (unpaired) electrons. The number of nitrogens with one attached hydrogen (secondary N) is 1. The van der Waals surface area contributed by atoms with Crippen molar-refractivity contribution in [1.29, 1.82) is 5.26 Å². The molecule has 20 heavy (non-hydrogen) atoms. The molecule has 2 nitrogen and oxygen atoms in total. The molecule has 4 heteroatoms. The van der Waals surface area contributed by atoms with Gasteiger partial charge in [-0.05, 0) is 59.1 Å². The number of benzene rings is 2. The summed E-state index contributed by atoms with van der Waals surface area (Å²) in [5.74, 6) is 0. The molecule has 0 aromatic heterocycles. The highest BCUT2D eigenvalue weighted by atomic mass is 79.9. The average Bonchev–Trinajstić information content (AvgIpc) is 2.41. The monoisotopic (exact) mass is 348 g/mol. The highest BCUT2D eigenvalue weighted by Gasteiger charge is 2.13. The fourth-order valence-corrected chi connectivity index (χ4v) is 2.58. The molecule has 0 saturated heterocycles. The molecule has 0 bridgehead atoms. The van der Waals surface area contributed by atoms with Crippen LogP contribution in [0.1, 0.15) is 22.7 Å². The highest BCUT2D eigenvalue weighted by molar-refractivity contribution is 9.10. The number of hydrogen-bond donors (Lipinski definition) is 1. The van der Waals surface area contributed by atoms with Gasteiger partial charge < -0.3 is 5.32 Å². The molecule has 0 spiro atoms. The summed E-state index contributed by atoms with van der Waals surface area (Å²) in [6.07, 6.45) is 0. The third kappa shape index (κ3) is 3.33. The van der Waals surface area contributed by atoms with E-state index in [-0.39, 0.29) is 6.04 Å². The third-order valence-electron chi connectivity index (χ3n) is 3.10. The molecule has 2 rings (SSSR count). The second kappa shape index (κ2) is 6.30. The summed E-state index contributed by atoms with van der Waals surface area (Å²) in [6, 6.07) is 13.5. The Morgan fingerprint density at radius 3 is 2.55 bits per heavy atom. The molecular formula is C16H14BrClN2. The van der Waals surface area contributed by atoms with E-state index in [1.165, 1.54) is 5.56 Å². The molecule has 1 atom stereocenters. The first kappa shape index (κ1) is 14.9. The lowest BCUT2D eigenvalue weighted by atomic mass is 10.00. The summed E-state index contributed by atoms with van der Waals surface area (Å²) >= 11 is 9.35. The zero-order valence-electron chi connectivity index (χ0n) is 11.2. The Balaban J connectivity index is 2.29. The van der Waals surface area contributed by atoms with Crippen LogP contribution in [-0.2, 0) is 0 Å². The van der Waals surface area contributed by atoms with Gasteiger partial charge >= 0.3 is 0 Å². The summed E-state index contributed by atoms with van der Waals surface area (Å²) in [4.78, 5) is 0. The van der Waals surface area contributed by atoms with Crippen molar-refractivity contribution in [2.75, 3.05) is 5.32 Å². The van der Waals surface area contributed by atoms with Gasteiger partial charge in [-0.25, -0.2) is 0 Å². The van der Waals surface area contributed by atoms with Crippen molar-refractivity contribution in [3.63, 3.8) is 0 Å². The van der Waals surface area contributed by atoms with Gasteiger partial charge in [0.25, 0.3) is 0 Å². The van der Waals surface area contributed by atoms with E-state index in [0.717, 1.165) is 21.3 Å². The smallest absolute Gasteiger partial charge is 0.140 e. The summed E-state index contributed by atoms with van der Waals surface area (Å²) < 4.78 is 0.807. The average molecular weight is 350 g/mol. The van der Waals surface area contributed by atoms with Crippen molar-refractivity contribution in [1.82, 2.24) is 0 Å². The number of anilines is 1. The van der Waals surface area contributed by atoms with Gasteiger partial charge in [-0.3, -0.25) is 0 Å². The lowest BCUT2D eigenvalue weighted by Crippen LogP contribution is -2.10. The van der Waals surface area contributed by atoms with Gasteiger partial charge in [0.1, 0.15) is 6.04 Å². The Morgan fingerprint density at radius 2 is 1.95 bits per heavy atom. The number of hydrogen-bond acceptors (Lipinski definition) is 2. The van der Waals surface area contributed by atoms with E-state index in [1.54, 1.807) is 6.07 Å². The Hall–Kier alpha value is -1.50. The summed E-state index contributed by atoms with van der Waals surface area (Å²) in [6.45, 7) is 4.06. The van der Waals surface area contributed by atoms with Crippen LogP contribution in [0.4, 0.5) is 5.69 Å². The molecule has 0 heterocycles. The first-order valence-electron chi connectivity index (χ1n) is 6.19. The van der Waals surface area contributed by atoms with Crippen molar-refractivity contribution < 1.29 is 0 Å². The Bertz CT molecular complexity index is 677. The topological polar surface area (TPSA) is 35.8 Å². The van der Waals surface area contributed by atoms with E-state index >= 15 is 0 Å². The quantitative estimate of drug-likeness (QED) is 0.805. The molecular weight excluding hydrogens is 336 g/mol. The highest BCUT2D eigenvalue weighted by Crippen LogP contribution is 2.28. The van der Waals surface area contributed by atoms with Gasteiger partial charge in [0.15, 0.2) is 0 Å². The number of aryl methyl sites for hydroxylation is 2. The van der Waals surface area contributed by atoms with Crippen molar-refractivity contribution in [2.24, 2.45) is 0 Å². The van der Waals surface area contributed by atoms with Gasteiger partial charge in [0.05, 0.1) is 11.1 Å². The molecule has 0 aliphatic rings. The van der Waals surface area contributed by atoms with Crippen molar-refractivity contribution >= 4 is 33.2 Å². The standard InChI is InChI=1S/C16H14BrClN2/c1-10-3-5-13(11(2)7-10)16(9-19)20-12-4-6-15(18)14(17)8-12/h3-8,16,20H,1-2H3. The number of rotatable bonds is 3. The number of nitrogens with zero attached hydrogens (tertiary/aromatic N) is 1. The molecule has 1 N–H and O–H groups in total. The normalized spacial score (nSPS) is 11.8. The predicted octanol–water partition coefficient (Wildman–Crippen LogP) is 5.40. The van der Waals surface area contributed by atoms with Gasteiger partial charge in [0.2, 0.25) is 0 Å². The van der Waals surface area contributed by atoms with Crippen molar-refractivity contribution in [3.8, 4) is 6.07 Å². The zero-order valence-corrected chi connectivity index (χ0v) is 13.6. The third-order valence-corrected chi connectivity index (χ3v) is 4.31. The molecule has 1 unspecified atom stereocenters. The van der Waals surface area contributed by atoms with E-state index in [0.29, 0.717) is 5.02 Å². The van der Waals surface area contributed by atoms with Crippen molar-refractivity contribution in [2.45, 2.75) is 19.9 Å². The van der Waals surface area contributed by atoms with Crippen LogP contribution in [0.15, 0.2) is 40.9 Å². The largest absolute Gasteiger partial charge is 0.366 e. The summed E-state index contributed by atoms with van der Waals surface area (Å²) in [5, 5.41) is 13.3. The summed E-state index contributed by atoms with van der Waals surface area (Å²) in [5.41, 5.74) is 4.14. The molecule has 0 aliphatic heterocycles. The van der Waals surface area contributed by atoms with Gasteiger partial charge in [0, 0.05) is 10.2 Å². The lowest BCUT2D eigenvalue weighted by molar-refractivity contribution is 0.979. The maximum Gasteiger partial charge on any atom is 0.140 e. The van der Waals surface area contributed by atoms with E-state index < -0.39 is 0 Å². The minimum Gasteiger partial charge on any atom is -0.366 e. The van der Waals surface area contributed by atoms with Crippen LogP contribution in [0.2, 0.25) is 5.02 Å². The lowest BCUT2D eigenvalue weighted by Gasteiger charge is -2.16. The molecule has 102 valence electrons. The molecule has 2 aromatic carbocycles. The molecule has 0 saturated carbocycles. The molecule has 0 amide bonds. The minimum atomic E-state index is -0.385. The van der Waals surface area contributed by atoms with E-state index in [1.807, 2.05) is 38.1 Å². The maximum atomic E-state index is 9.41. The molecule has 0 aliphatic carbocycles. The van der Waals surface area contributed by atoms with Gasteiger partial charge in [-0.2, -0.15) is 5.26 Å². The Labute approximate surface area is 132 Å². The van der Waals surface area contributed by atoms with Gasteiger partial charge in [-0.1, -0.05) is 35.4 Å². The number of halogens is 2. The first-order valence-corrected chi connectivity index (χ1v) is 7.36. The van der Waals surface area contributed by atoms with Crippen LogP contribution in [-0.4, -0.2) is 0 Å². The van der Waals surface area contributed by atoms with E-state index in [4.69, 9.17) is 11.6 Å². The van der Waals surface area contributed by atoms with E-state index in [9.17, 15) is 5.26 Å². The zero-order chi connectivity index (χ0) is 14.7.